The van der Waals surface area contributed by atoms with Gasteiger partial charge in [-0.1, -0.05) is 13.8 Å². The summed E-state index contributed by atoms with van der Waals surface area (Å²) in [6.45, 7) is 5.75. The van der Waals surface area contributed by atoms with Crippen LogP contribution < -0.4 is 0 Å². The second-order valence-electron chi connectivity index (χ2n) is 5.12. The van der Waals surface area contributed by atoms with E-state index in [0.717, 1.165) is 0 Å². The highest BCUT2D eigenvalue weighted by molar-refractivity contribution is 5.74. The van der Waals surface area contributed by atoms with Gasteiger partial charge in [0.15, 0.2) is 0 Å². The molecule has 1 aliphatic carbocycles. The Balaban J connectivity index is 2.66. The van der Waals surface area contributed by atoms with Gasteiger partial charge in [0.25, 0.3) is 0 Å². The maximum atomic E-state index is 11.0. The lowest BCUT2D eigenvalue weighted by molar-refractivity contribution is -0.154. The number of carbonyl (C=O) groups is 1. The van der Waals surface area contributed by atoms with Crippen molar-refractivity contribution >= 4 is 5.97 Å². The van der Waals surface area contributed by atoms with E-state index in [9.17, 15) is 9.90 Å². The van der Waals surface area contributed by atoms with Crippen LogP contribution in [0.3, 0.4) is 0 Å². The molecule has 0 heterocycles. The summed E-state index contributed by atoms with van der Waals surface area (Å²) in [4.78, 5) is 11.0. The Morgan fingerprint density at radius 3 is 1.93 bits per heavy atom. The lowest BCUT2D eigenvalue weighted by atomic mass is 9.66. The van der Waals surface area contributed by atoms with E-state index >= 15 is 0 Å². The van der Waals surface area contributed by atoms with Gasteiger partial charge in [-0.25, -0.2) is 0 Å². The summed E-state index contributed by atoms with van der Waals surface area (Å²) in [6, 6.07) is 0. The molecule has 0 bridgehead atoms. The van der Waals surface area contributed by atoms with Gasteiger partial charge in [-0.2, -0.15) is 0 Å². The molecule has 3 nitrogen and oxygen atoms in total. The summed E-state index contributed by atoms with van der Waals surface area (Å²) in [6.07, 6.45) is 2.37. The predicted molar refractivity (Wildman–Crippen MR) is 54.0 cm³/mol. The summed E-state index contributed by atoms with van der Waals surface area (Å²) in [5.74, 6) is -0.524. The SMILES string of the molecule is CC(C)[C@]1(O)CC[C@](C)(C(=O)O)CC1. The van der Waals surface area contributed by atoms with Gasteiger partial charge >= 0.3 is 5.97 Å². The Morgan fingerprint density at radius 1 is 1.21 bits per heavy atom. The van der Waals surface area contributed by atoms with E-state index in [0.29, 0.717) is 25.7 Å². The summed E-state index contributed by atoms with van der Waals surface area (Å²) in [5.41, 5.74) is -1.27. The van der Waals surface area contributed by atoms with Crippen molar-refractivity contribution in [2.75, 3.05) is 0 Å². The Bertz CT molecular complexity index is 225. The summed E-state index contributed by atoms with van der Waals surface area (Å²) < 4.78 is 0. The van der Waals surface area contributed by atoms with E-state index in [-0.39, 0.29) is 5.92 Å². The fourth-order valence-electron chi connectivity index (χ4n) is 2.03. The van der Waals surface area contributed by atoms with Crippen molar-refractivity contribution in [2.45, 2.75) is 52.1 Å². The molecule has 2 N–H and O–H groups in total. The van der Waals surface area contributed by atoms with Crippen LogP contribution in [0.15, 0.2) is 0 Å². The van der Waals surface area contributed by atoms with Crippen molar-refractivity contribution in [1.82, 2.24) is 0 Å². The molecular formula is C11H20O3. The minimum atomic E-state index is -0.733. The molecule has 0 spiro atoms. The van der Waals surface area contributed by atoms with E-state index in [1.165, 1.54) is 0 Å². The van der Waals surface area contributed by atoms with Crippen molar-refractivity contribution in [1.29, 1.82) is 0 Å². The number of aliphatic carboxylic acids is 1. The standard InChI is InChI=1S/C11H20O3/c1-8(2)11(14)6-4-10(3,5-7-11)9(12)13/h8,14H,4-7H2,1-3H3,(H,12,13)/t10-,11-. The smallest absolute Gasteiger partial charge is 0.309 e. The Kier molecular flexibility index (Phi) is 2.91. The van der Waals surface area contributed by atoms with Crippen LogP contribution in [-0.4, -0.2) is 21.8 Å². The molecule has 0 aromatic carbocycles. The van der Waals surface area contributed by atoms with Crippen molar-refractivity contribution in [3.8, 4) is 0 Å². The second kappa shape index (κ2) is 3.54. The van der Waals surface area contributed by atoms with Gasteiger partial charge in [-0.05, 0) is 38.5 Å². The maximum absolute atomic E-state index is 11.0. The van der Waals surface area contributed by atoms with Crippen LogP contribution >= 0.6 is 0 Å². The Hall–Kier alpha value is -0.570. The Morgan fingerprint density at radius 2 is 1.64 bits per heavy atom. The second-order valence-corrected chi connectivity index (χ2v) is 5.12. The molecule has 0 saturated heterocycles. The first-order valence-electron chi connectivity index (χ1n) is 5.26. The number of carboxylic acid groups (broad SMARTS) is 1. The topological polar surface area (TPSA) is 57.5 Å². The van der Waals surface area contributed by atoms with Crippen molar-refractivity contribution in [2.24, 2.45) is 11.3 Å². The predicted octanol–water partition coefficient (Wildman–Crippen LogP) is 2.04. The van der Waals surface area contributed by atoms with Gasteiger partial charge in [0, 0.05) is 0 Å². The quantitative estimate of drug-likeness (QED) is 0.717. The monoisotopic (exact) mass is 200 g/mol. The van der Waals surface area contributed by atoms with Gasteiger partial charge in [-0.3, -0.25) is 4.79 Å². The molecule has 0 aromatic heterocycles. The van der Waals surface area contributed by atoms with E-state index < -0.39 is 17.0 Å². The minimum Gasteiger partial charge on any atom is -0.481 e. The zero-order valence-corrected chi connectivity index (χ0v) is 9.21. The molecule has 1 aliphatic rings. The minimum absolute atomic E-state index is 0.209. The first-order chi connectivity index (χ1) is 6.30. The third kappa shape index (κ3) is 1.92. The van der Waals surface area contributed by atoms with Gasteiger partial charge in [-0.15, -0.1) is 0 Å². The van der Waals surface area contributed by atoms with Crippen LogP contribution in [0.4, 0.5) is 0 Å². The molecule has 82 valence electrons. The van der Waals surface area contributed by atoms with Crippen LogP contribution in [0, 0.1) is 11.3 Å². The fourth-order valence-corrected chi connectivity index (χ4v) is 2.03. The first-order valence-corrected chi connectivity index (χ1v) is 5.26. The van der Waals surface area contributed by atoms with Crippen LogP contribution in [0.1, 0.15) is 46.5 Å². The van der Waals surface area contributed by atoms with Crippen molar-refractivity contribution < 1.29 is 15.0 Å². The molecule has 1 saturated carbocycles. The van der Waals surface area contributed by atoms with E-state index in [1.807, 2.05) is 13.8 Å². The first kappa shape index (κ1) is 11.5. The van der Waals surface area contributed by atoms with Crippen molar-refractivity contribution in [3.05, 3.63) is 0 Å². The maximum Gasteiger partial charge on any atom is 0.309 e. The largest absolute Gasteiger partial charge is 0.481 e. The van der Waals surface area contributed by atoms with Crippen molar-refractivity contribution in [3.63, 3.8) is 0 Å². The molecule has 0 aromatic rings. The molecule has 0 amide bonds. The number of aliphatic hydroxyl groups is 1. The number of rotatable bonds is 2. The summed E-state index contributed by atoms with van der Waals surface area (Å²) in [7, 11) is 0. The highest BCUT2D eigenvalue weighted by atomic mass is 16.4. The normalized spacial score (nSPS) is 38.6. The van der Waals surface area contributed by atoms with Gasteiger partial charge in [0.2, 0.25) is 0 Å². The highest BCUT2D eigenvalue weighted by Gasteiger charge is 2.44. The average Bonchev–Trinajstić information content (AvgIpc) is 2.10. The van der Waals surface area contributed by atoms with Crippen LogP contribution in [-0.2, 0) is 4.79 Å². The average molecular weight is 200 g/mol. The number of carboxylic acids is 1. The molecular weight excluding hydrogens is 180 g/mol. The zero-order valence-electron chi connectivity index (χ0n) is 9.21. The Labute approximate surface area is 85.1 Å². The molecule has 3 heteroatoms. The molecule has 0 radical (unpaired) electrons. The van der Waals surface area contributed by atoms with Crippen LogP contribution in [0.25, 0.3) is 0 Å². The van der Waals surface area contributed by atoms with Gasteiger partial charge in [0.1, 0.15) is 0 Å². The van der Waals surface area contributed by atoms with E-state index in [2.05, 4.69) is 0 Å². The molecule has 1 rings (SSSR count). The van der Waals surface area contributed by atoms with Gasteiger partial charge < -0.3 is 10.2 Å². The molecule has 0 aliphatic heterocycles. The van der Waals surface area contributed by atoms with Crippen LogP contribution in [0.2, 0.25) is 0 Å². The van der Waals surface area contributed by atoms with E-state index in [1.54, 1.807) is 6.92 Å². The molecule has 0 unspecified atom stereocenters. The van der Waals surface area contributed by atoms with E-state index in [4.69, 9.17) is 5.11 Å². The fraction of sp³-hybridized carbons (Fsp3) is 0.909. The lowest BCUT2D eigenvalue weighted by Crippen LogP contribution is -2.44. The zero-order chi connectivity index (χ0) is 11.0. The third-order valence-corrected chi connectivity index (χ3v) is 3.81. The molecule has 1 fully saturated rings. The number of hydrogen-bond acceptors (Lipinski definition) is 2. The third-order valence-electron chi connectivity index (χ3n) is 3.81. The molecule has 14 heavy (non-hydrogen) atoms. The lowest BCUT2D eigenvalue weighted by Gasteiger charge is -2.42. The number of hydrogen-bond donors (Lipinski definition) is 2. The highest BCUT2D eigenvalue weighted by Crippen LogP contribution is 2.43. The summed E-state index contributed by atoms with van der Waals surface area (Å²) >= 11 is 0. The van der Waals surface area contributed by atoms with Crippen LogP contribution in [0.5, 0.6) is 0 Å². The summed E-state index contributed by atoms with van der Waals surface area (Å²) in [5, 5.41) is 19.2. The van der Waals surface area contributed by atoms with Gasteiger partial charge in [0.05, 0.1) is 11.0 Å². The molecule has 0 atom stereocenters.